The third-order valence-electron chi connectivity index (χ3n) is 5.40. The summed E-state index contributed by atoms with van der Waals surface area (Å²) in [6.45, 7) is 3.03. The van der Waals surface area contributed by atoms with Crippen LogP contribution in [0.15, 0.2) is 48.5 Å². The Bertz CT molecular complexity index is 782. The van der Waals surface area contributed by atoms with Crippen molar-refractivity contribution in [3.05, 3.63) is 59.7 Å². The van der Waals surface area contributed by atoms with Crippen molar-refractivity contribution >= 4 is 6.03 Å². The molecule has 1 aliphatic rings. The summed E-state index contributed by atoms with van der Waals surface area (Å²) in [5.74, 6) is 1.47. The maximum atomic E-state index is 12.4. The highest BCUT2D eigenvalue weighted by atomic mass is 16.5. The van der Waals surface area contributed by atoms with Crippen LogP contribution in [-0.4, -0.2) is 44.3 Å². The number of amides is 2. The van der Waals surface area contributed by atoms with E-state index >= 15 is 0 Å². The van der Waals surface area contributed by atoms with Crippen LogP contribution in [0.1, 0.15) is 30.4 Å². The van der Waals surface area contributed by atoms with E-state index in [4.69, 9.17) is 9.47 Å². The van der Waals surface area contributed by atoms with Gasteiger partial charge in [0.1, 0.15) is 11.5 Å². The summed E-state index contributed by atoms with van der Waals surface area (Å²) in [7, 11) is 3.24. The molecule has 6 nitrogen and oxygen atoms in total. The van der Waals surface area contributed by atoms with Crippen LogP contribution in [-0.2, 0) is 13.1 Å². The van der Waals surface area contributed by atoms with Crippen molar-refractivity contribution in [2.75, 3.05) is 27.3 Å². The Morgan fingerprint density at radius 2 is 1.90 bits per heavy atom. The Morgan fingerprint density at radius 3 is 2.66 bits per heavy atom. The highest BCUT2D eigenvalue weighted by molar-refractivity contribution is 5.74. The number of ether oxygens (including phenoxy) is 2. The van der Waals surface area contributed by atoms with E-state index < -0.39 is 0 Å². The molecule has 156 valence electrons. The van der Waals surface area contributed by atoms with Gasteiger partial charge in [-0.25, -0.2) is 4.79 Å². The van der Waals surface area contributed by atoms with Crippen LogP contribution in [0.4, 0.5) is 4.79 Å². The Labute approximate surface area is 173 Å². The topological polar surface area (TPSA) is 62.8 Å². The minimum absolute atomic E-state index is 0.167. The molecule has 1 unspecified atom stereocenters. The minimum Gasteiger partial charge on any atom is -0.497 e. The van der Waals surface area contributed by atoms with E-state index in [-0.39, 0.29) is 6.03 Å². The largest absolute Gasteiger partial charge is 0.497 e. The Kier molecular flexibility index (Phi) is 7.76. The lowest BCUT2D eigenvalue weighted by Gasteiger charge is -2.35. The smallest absolute Gasteiger partial charge is 0.315 e. The van der Waals surface area contributed by atoms with Gasteiger partial charge in [-0.2, -0.15) is 0 Å². The first-order valence-electron chi connectivity index (χ1n) is 10.2. The van der Waals surface area contributed by atoms with Gasteiger partial charge in [-0.1, -0.05) is 36.8 Å². The number of likely N-dealkylation sites (tertiary alicyclic amines) is 1. The van der Waals surface area contributed by atoms with Crippen molar-refractivity contribution in [1.29, 1.82) is 0 Å². The van der Waals surface area contributed by atoms with Gasteiger partial charge in [0, 0.05) is 31.2 Å². The van der Waals surface area contributed by atoms with Gasteiger partial charge < -0.3 is 20.1 Å². The molecule has 0 aromatic heterocycles. The van der Waals surface area contributed by atoms with Crippen molar-refractivity contribution in [3.63, 3.8) is 0 Å². The van der Waals surface area contributed by atoms with E-state index in [1.807, 2.05) is 24.3 Å². The second kappa shape index (κ2) is 10.7. The normalized spacial score (nSPS) is 16.8. The molecule has 0 spiro atoms. The van der Waals surface area contributed by atoms with Gasteiger partial charge in [0.25, 0.3) is 0 Å². The summed E-state index contributed by atoms with van der Waals surface area (Å²) in [6.07, 6.45) is 3.53. The number of carbonyl (C=O) groups is 1. The Balaban J connectivity index is 1.50. The number of carbonyl (C=O) groups excluding carboxylic acids is 1. The predicted molar refractivity (Wildman–Crippen MR) is 114 cm³/mol. The monoisotopic (exact) mass is 397 g/mol. The van der Waals surface area contributed by atoms with Crippen molar-refractivity contribution in [2.24, 2.45) is 0 Å². The van der Waals surface area contributed by atoms with E-state index in [1.165, 1.54) is 18.4 Å². The summed E-state index contributed by atoms with van der Waals surface area (Å²) in [6, 6.07) is 16.3. The van der Waals surface area contributed by atoms with E-state index in [2.05, 4.69) is 39.8 Å². The molecule has 1 atom stereocenters. The molecule has 2 aromatic rings. The molecule has 0 bridgehead atoms. The first-order chi connectivity index (χ1) is 14.2. The molecule has 6 heteroatoms. The van der Waals surface area contributed by atoms with Crippen molar-refractivity contribution in [3.8, 4) is 11.5 Å². The SMILES string of the molecule is COc1ccc(OC)c(CNC(=O)NCC2CCCCN2Cc2ccccc2)c1. The average Bonchev–Trinajstić information content (AvgIpc) is 2.77. The first kappa shape index (κ1) is 21.0. The van der Waals surface area contributed by atoms with Gasteiger partial charge in [0.2, 0.25) is 0 Å². The molecule has 1 saturated heterocycles. The van der Waals surface area contributed by atoms with E-state index in [1.54, 1.807) is 14.2 Å². The number of hydrogen-bond donors (Lipinski definition) is 2. The minimum atomic E-state index is -0.167. The number of piperidine rings is 1. The van der Waals surface area contributed by atoms with Crippen LogP contribution in [0.25, 0.3) is 0 Å². The third kappa shape index (κ3) is 6.12. The van der Waals surface area contributed by atoms with E-state index in [0.717, 1.165) is 36.6 Å². The second-order valence-corrected chi connectivity index (χ2v) is 7.35. The molecule has 3 rings (SSSR count). The van der Waals surface area contributed by atoms with Crippen LogP contribution in [0.2, 0.25) is 0 Å². The summed E-state index contributed by atoms with van der Waals surface area (Å²) < 4.78 is 10.6. The number of benzene rings is 2. The van der Waals surface area contributed by atoms with E-state index in [0.29, 0.717) is 19.1 Å². The van der Waals surface area contributed by atoms with Crippen molar-refractivity contribution in [1.82, 2.24) is 15.5 Å². The molecule has 0 radical (unpaired) electrons. The van der Waals surface area contributed by atoms with Gasteiger partial charge in [-0.15, -0.1) is 0 Å². The fraction of sp³-hybridized carbons (Fsp3) is 0.435. The summed E-state index contributed by atoms with van der Waals surface area (Å²) in [4.78, 5) is 14.8. The molecule has 2 amide bonds. The Morgan fingerprint density at radius 1 is 1.07 bits per heavy atom. The van der Waals surface area contributed by atoms with Crippen LogP contribution in [0, 0.1) is 0 Å². The lowest BCUT2D eigenvalue weighted by Crippen LogP contribution is -2.48. The lowest BCUT2D eigenvalue weighted by molar-refractivity contribution is 0.138. The first-order valence-corrected chi connectivity index (χ1v) is 10.2. The molecule has 0 saturated carbocycles. The summed E-state index contributed by atoms with van der Waals surface area (Å²) >= 11 is 0. The van der Waals surface area contributed by atoms with Gasteiger partial charge in [0.15, 0.2) is 0 Å². The second-order valence-electron chi connectivity index (χ2n) is 7.35. The standard InChI is InChI=1S/C23H31N3O3/c1-28-21-11-12-22(29-2)19(14-21)15-24-23(27)25-16-20-10-6-7-13-26(20)17-18-8-4-3-5-9-18/h3-5,8-9,11-12,14,20H,6-7,10,13,15-17H2,1-2H3,(H2,24,25,27). The van der Waals surface area contributed by atoms with Gasteiger partial charge in [-0.3, -0.25) is 4.90 Å². The predicted octanol–water partition coefficient (Wildman–Crippen LogP) is 3.56. The number of nitrogens with one attached hydrogen (secondary N) is 2. The number of methoxy groups -OCH3 is 2. The summed E-state index contributed by atoms with van der Waals surface area (Å²) in [5.41, 5.74) is 2.19. The van der Waals surface area contributed by atoms with Gasteiger partial charge >= 0.3 is 6.03 Å². The van der Waals surface area contributed by atoms with Gasteiger partial charge in [-0.05, 0) is 43.1 Å². The van der Waals surface area contributed by atoms with Crippen molar-refractivity contribution < 1.29 is 14.3 Å². The number of rotatable bonds is 8. The highest BCUT2D eigenvalue weighted by Gasteiger charge is 2.22. The zero-order chi connectivity index (χ0) is 20.5. The maximum Gasteiger partial charge on any atom is 0.315 e. The zero-order valence-corrected chi connectivity index (χ0v) is 17.3. The average molecular weight is 398 g/mol. The molecule has 2 N–H and O–H groups in total. The van der Waals surface area contributed by atoms with E-state index in [9.17, 15) is 4.79 Å². The lowest BCUT2D eigenvalue weighted by atomic mass is 10.0. The quantitative estimate of drug-likeness (QED) is 0.715. The van der Waals surface area contributed by atoms with Crippen LogP contribution in [0.5, 0.6) is 11.5 Å². The number of nitrogens with zero attached hydrogens (tertiary/aromatic N) is 1. The van der Waals surface area contributed by atoms with Crippen LogP contribution < -0.4 is 20.1 Å². The maximum absolute atomic E-state index is 12.4. The third-order valence-corrected chi connectivity index (χ3v) is 5.40. The number of hydrogen-bond acceptors (Lipinski definition) is 4. The highest BCUT2D eigenvalue weighted by Crippen LogP contribution is 2.23. The van der Waals surface area contributed by atoms with Gasteiger partial charge in [0.05, 0.1) is 14.2 Å². The fourth-order valence-electron chi connectivity index (χ4n) is 3.79. The van der Waals surface area contributed by atoms with Crippen LogP contribution >= 0.6 is 0 Å². The molecule has 0 aliphatic carbocycles. The van der Waals surface area contributed by atoms with Crippen LogP contribution in [0.3, 0.4) is 0 Å². The van der Waals surface area contributed by atoms with Crippen molar-refractivity contribution in [2.45, 2.75) is 38.4 Å². The molecule has 1 aliphatic heterocycles. The molecular formula is C23H31N3O3. The summed E-state index contributed by atoms with van der Waals surface area (Å²) in [5, 5.41) is 5.97. The molecule has 1 heterocycles. The molecule has 2 aromatic carbocycles. The number of urea groups is 1. The molecule has 1 fully saturated rings. The molecule has 29 heavy (non-hydrogen) atoms. The Hall–Kier alpha value is -2.73. The fourth-order valence-corrected chi connectivity index (χ4v) is 3.79. The zero-order valence-electron chi connectivity index (χ0n) is 17.3. The molecular weight excluding hydrogens is 366 g/mol.